The van der Waals surface area contributed by atoms with E-state index in [9.17, 15) is 0 Å². The predicted molar refractivity (Wildman–Crippen MR) is 92.2 cm³/mol. The molecule has 4 aromatic rings. The van der Waals surface area contributed by atoms with Gasteiger partial charge >= 0.3 is 0 Å². The Bertz CT molecular complexity index is 948. The molecule has 0 aliphatic carbocycles. The third kappa shape index (κ3) is 3.02. The summed E-state index contributed by atoms with van der Waals surface area (Å²) < 4.78 is 8.78. The smallest absolute Gasteiger partial charge is 0.247 e. The Morgan fingerprint density at radius 2 is 1.96 bits per heavy atom. The summed E-state index contributed by atoms with van der Waals surface area (Å²) in [5.74, 6) is 1.69. The first-order chi connectivity index (χ1) is 11.3. The molecule has 0 saturated carbocycles. The van der Waals surface area contributed by atoms with E-state index in [1.807, 2.05) is 59.3 Å². The van der Waals surface area contributed by atoms with Crippen molar-refractivity contribution in [3.05, 3.63) is 65.2 Å². The highest BCUT2D eigenvalue weighted by Crippen LogP contribution is 2.25. The van der Waals surface area contributed by atoms with Crippen molar-refractivity contribution < 1.29 is 4.42 Å². The molecule has 3 heterocycles. The van der Waals surface area contributed by atoms with E-state index in [1.54, 1.807) is 11.8 Å². The third-order valence-electron chi connectivity index (χ3n) is 3.29. The minimum absolute atomic E-state index is 0.529. The Labute approximate surface area is 144 Å². The Kier molecular flexibility index (Phi) is 3.88. The van der Waals surface area contributed by atoms with Crippen LogP contribution in [-0.2, 0) is 5.75 Å². The summed E-state index contributed by atoms with van der Waals surface area (Å²) in [5.41, 5.74) is 1.97. The fraction of sp³-hybridized carbons (Fsp3) is 0.0625. The summed E-state index contributed by atoms with van der Waals surface area (Å²) in [5, 5.41) is 9.12. The van der Waals surface area contributed by atoms with Crippen LogP contribution in [0.2, 0.25) is 0 Å². The first kappa shape index (κ1) is 14.5. The Balaban J connectivity index is 1.51. The molecule has 0 atom stereocenters. The fourth-order valence-electron chi connectivity index (χ4n) is 2.17. The normalized spacial score (nSPS) is 11.2. The average molecular weight is 387 g/mol. The van der Waals surface area contributed by atoms with Crippen molar-refractivity contribution in [2.75, 3.05) is 0 Å². The molecule has 0 N–H and O–H groups in total. The third-order valence-corrected chi connectivity index (χ3v) is 4.77. The maximum atomic E-state index is 5.72. The van der Waals surface area contributed by atoms with E-state index >= 15 is 0 Å². The lowest BCUT2D eigenvalue weighted by Crippen LogP contribution is -1.87. The van der Waals surface area contributed by atoms with Crippen LogP contribution in [0.15, 0.2) is 68.9 Å². The minimum Gasteiger partial charge on any atom is -0.420 e. The van der Waals surface area contributed by atoms with Crippen molar-refractivity contribution in [1.82, 2.24) is 19.6 Å². The van der Waals surface area contributed by atoms with Gasteiger partial charge in [-0.1, -0.05) is 33.8 Å². The maximum Gasteiger partial charge on any atom is 0.247 e. The Morgan fingerprint density at radius 3 is 2.83 bits per heavy atom. The second kappa shape index (κ2) is 6.17. The highest BCUT2D eigenvalue weighted by Gasteiger charge is 2.10. The van der Waals surface area contributed by atoms with Crippen LogP contribution in [0.1, 0.15) is 5.89 Å². The van der Waals surface area contributed by atoms with Crippen molar-refractivity contribution in [2.45, 2.75) is 10.9 Å². The van der Waals surface area contributed by atoms with Crippen LogP contribution < -0.4 is 0 Å². The standard InChI is InChI=1S/C16H11BrN4OS/c17-12-6-4-11(5-7-12)15-20-19-14(22-15)10-23-16-18-9-13-3-1-2-8-21(13)16/h1-9H,10H2. The van der Waals surface area contributed by atoms with E-state index in [0.29, 0.717) is 17.5 Å². The van der Waals surface area contributed by atoms with E-state index in [4.69, 9.17) is 4.42 Å². The molecular formula is C16H11BrN4OS. The summed E-state index contributed by atoms with van der Waals surface area (Å²) in [7, 11) is 0. The highest BCUT2D eigenvalue weighted by molar-refractivity contribution is 9.10. The van der Waals surface area contributed by atoms with Crippen LogP contribution >= 0.6 is 27.7 Å². The molecule has 4 rings (SSSR count). The van der Waals surface area contributed by atoms with Gasteiger partial charge < -0.3 is 4.42 Å². The van der Waals surface area contributed by atoms with Crippen LogP contribution in [-0.4, -0.2) is 19.6 Å². The van der Waals surface area contributed by atoms with Gasteiger partial charge in [0.05, 0.1) is 17.5 Å². The predicted octanol–water partition coefficient (Wildman–Crippen LogP) is 4.44. The van der Waals surface area contributed by atoms with E-state index in [2.05, 4.69) is 31.1 Å². The summed E-state index contributed by atoms with van der Waals surface area (Å²) in [4.78, 5) is 4.42. The molecule has 0 spiro atoms. The molecule has 0 fully saturated rings. The fourth-order valence-corrected chi connectivity index (χ4v) is 3.24. The molecule has 1 aromatic carbocycles. The van der Waals surface area contributed by atoms with Gasteiger partial charge in [0.2, 0.25) is 11.8 Å². The van der Waals surface area contributed by atoms with Gasteiger partial charge in [-0.25, -0.2) is 4.98 Å². The van der Waals surface area contributed by atoms with Crippen LogP contribution in [0.3, 0.4) is 0 Å². The number of benzene rings is 1. The SMILES string of the molecule is Brc1ccc(-c2nnc(CSc3ncc4ccccn34)o2)cc1. The number of hydrogen-bond acceptors (Lipinski definition) is 5. The van der Waals surface area contributed by atoms with Crippen LogP contribution in [0.5, 0.6) is 0 Å². The van der Waals surface area contributed by atoms with Crippen molar-refractivity contribution in [1.29, 1.82) is 0 Å². The van der Waals surface area contributed by atoms with E-state index in [0.717, 1.165) is 20.7 Å². The molecule has 0 unspecified atom stereocenters. The molecule has 0 radical (unpaired) electrons. The molecule has 114 valence electrons. The number of fused-ring (bicyclic) bond motifs is 1. The maximum absolute atomic E-state index is 5.72. The molecule has 0 saturated heterocycles. The zero-order valence-electron chi connectivity index (χ0n) is 11.9. The van der Waals surface area contributed by atoms with E-state index < -0.39 is 0 Å². The van der Waals surface area contributed by atoms with Crippen LogP contribution in [0.4, 0.5) is 0 Å². The number of nitrogens with zero attached hydrogens (tertiary/aromatic N) is 4. The summed E-state index contributed by atoms with van der Waals surface area (Å²) in [6.07, 6.45) is 3.84. The van der Waals surface area contributed by atoms with Gasteiger partial charge in [-0.05, 0) is 36.4 Å². The number of pyridine rings is 1. The van der Waals surface area contributed by atoms with Gasteiger partial charge in [0.15, 0.2) is 5.16 Å². The van der Waals surface area contributed by atoms with Gasteiger partial charge in [0, 0.05) is 16.2 Å². The number of halogens is 1. The number of imidazole rings is 1. The molecule has 0 aliphatic rings. The van der Waals surface area contributed by atoms with Gasteiger partial charge in [-0.15, -0.1) is 10.2 Å². The number of hydrogen-bond donors (Lipinski definition) is 0. The van der Waals surface area contributed by atoms with Crippen molar-refractivity contribution in [2.24, 2.45) is 0 Å². The largest absolute Gasteiger partial charge is 0.420 e. The van der Waals surface area contributed by atoms with Gasteiger partial charge in [0.1, 0.15) is 0 Å². The molecule has 0 amide bonds. The first-order valence-corrected chi connectivity index (χ1v) is 8.71. The minimum atomic E-state index is 0.529. The van der Waals surface area contributed by atoms with Crippen molar-refractivity contribution in [3.63, 3.8) is 0 Å². The van der Waals surface area contributed by atoms with Crippen LogP contribution in [0, 0.1) is 0 Å². The van der Waals surface area contributed by atoms with Gasteiger partial charge in [-0.2, -0.15) is 0 Å². The second-order valence-corrected chi connectivity index (χ2v) is 6.69. The lowest BCUT2D eigenvalue weighted by molar-refractivity contribution is 0.528. The van der Waals surface area contributed by atoms with Crippen molar-refractivity contribution in [3.8, 4) is 11.5 Å². The highest BCUT2D eigenvalue weighted by atomic mass is 79.9. The van der Waals surface area contributed by atoms with E-state index in [1.165, 1.54) is 0 Å². The Morgan fingerprint density at radius 1 is 1.09 bits per heavy atom. The van der Waals surface area contributed by atoms with Gasteiger partial charge in [-0.3, -0.25) is 4.40 Å². The first-order valence-electron chi connectivity index (χ1n) is 6.93. The lowest BCUT2D eigenvalue weighted by Gasteiger charge is -1.98. The summed E-state index contributed by atoms with van der Waals surface area (Å²) in [6.45, 7) is 0. The zero-order chi connectivity index (χ0) is 15.6. The molecule has 7 heteroatoms. The second-order valence-electron chi connectivity index (χ2n) is 4.83. The summed E-state index contributed by atoms with van der Waals surface area (Å²) in [6, 6.07) is 13.8. The molecule has 0 bridgehead atoms. The average Bonchev–Trinajstić information content (AvgIpc) is 3.20. The molecule has 5 nitrogen and oxygen atoms in total. The number of thioether (sulfide) groups is 1. The number of aromatic nitrogens is 4. The van der Waals surface area contributed by atoms with E-state index in [-0.39, 0.29) is 0 Å². The molecule has 23 heavy (non-hydrogen) atoms. The summed E-state index contributed by atoms with van der Waals surface area (Å²) >= 11 is 4.98. The number of rotatable bonds is 4. The quantitative estimate of drug-likeness (QED) is 0.485. The monoisotopic (exact) mass is 386 g/mol. The van der Waals surface area contributed by atoms with Gasteiger partial charge in [0.25, 0.3) is 0 Å². The van der Waals surface area contributed by atoms with Crippen LogP contribution in [0.25, 0.3) is 17.0 Å². The zero-order valence-corrected chi connectivity index (χ0v) is 14.3. The van der Waals surface area contributed by atoms with Crippen molar-refractivity contribution >= 4 is 33.2 Å². The molecule has 0 aliphatic heterocycles. The molecular weight excluding hydrogens is 376 g/mol. The molecule has 3 aromatic heterocycles. The lowest BCUT2D eigenvalue weighted by atomic mass is 10.2. The topological polar surface area (TPSA) is 56.2 Å². The Hall–Kier alpha value is -2.12.